The smallest absolute Gasteiger partial charge is 0.270 e. The summed E-state index contributed by atoms with van der Waals surface area (Å²) in [4.78, 5) is 27.4. The highest BCUT2D eigenvalue weighted by Gasteiger charge is 2.34. The number of ether oxygens (including phenoxy) is 3. The summed E-state index contributed by atoms with van der Waals surface area (Å²) in [5.41, 5.74) is 1.10. The second-order valence-corrected chi connectivity index (χ2v) is 8.59. The highest BCUT2D eigenvalue weighted by molar-refractivity contribution is 7.80. The predicted octanol–water partition coefficient (Wildman–Crippen LogP) is 5.89. The fourth-order valence-corrected chi connectivity index (χ4v) is 3.96. The number of carbonyl (C=O) groups excluding carboxylic acids is 2. The molecule has 1 saturated heterocycles. The number of benzene rings is 3. The van der Waals surface area contributed by atoms with Crippen LogP contribution in [0.1, 0.15) is 32.3 Å². The number of carbonyl (C=O) groups is 2. The third kappa shape index (κ3) is 6.34. The van der Waals surface area contributed by atoms with Crippen molar-refractivity contribution in [1.82, 2.24) is 5.32 Å². The van der Waals surface area contributed by atoms with Crippen LogP contribution < -0.4 is 24.4 Å². The SMILES string of the molecule is CCCCOc1ccc(C=C2C(=O)NC(=S)N(c3ccc(Oc4ccccc4)cc3)C2=O)cc1OCC. The van der Waals surface area contributed by atoms with Crippen LogP contribution in [0.5, 0.6) is 23.0 Å². The molecule has 3 aromatic rings. The summed E-state index contributed by atoms with van der Waals surface area (Å²) in [7, 11) is 0. The maximum Gasteiger partial charge on any atom is 0.270 e. The summed E-state index contributed by atoms with van der Waals surface area (Å²) in [6.45, 7) is 5.01. The number of amides is 2. The average Bonchev–Trinajstić information content (AvgIpc) is 2.89. The Hall–Kier alpha value is -4.17. The molecular formula is C29H28N2O5S. The van der Waals surface area contributed by atoms with Gasteiger partial charge in [0.15, 0.2) is 16.6 Å². The zero-order valence-electron chi connectivity index (χ0n) is 20.7. The van der Waals surface area contributed by atoms with Gasteiger partial charge < -0.3 is 14.2 Å². The fraction of sp³-hybridized carbons (Fsp3) is 0.207. The molecule has 0 atom stereocenters. The number of anilines is 1. The van der Waals surface area contributed by atoms with Gasteiger partial charge in [0.25, 0.3) is 11.8 Å². The standard InChI is InChI=1S/C29H28N2O5S/c1-3-5-17-35-25-16-11-20(19-26(25)34-4-2)18-24-27(32)30-29(37)31(28(24)33)21-12-14-23(15-13-21)36-22-9-7-6-8-10-22/h6-16,18-19H,3-5,17H2,1-2H3,(H,30,32,37). The van der Waals surface area contributed by atoms with Crippen molar-refractivity contribution in [3.8, 4) is 23.0 Å². The largest absolute Gasteiger partial charge is 0.490 e. The molecule has 37 heavy (non-hydrogen) atoms. The van der Waals surface area contributed by atoms with E-state index >= 15 is 0 Å². The lowest BCUT2D eigenvalue weighted by Crippen LogP contribution is -2.54. The van der Waals surface area contributed by atoms with Crippen LogP contribution in [0.25, 0.3) is 6.08 Å². The summed E-state index contributed by atoms with van der Waals surface area (Å²) >= 11 is 5.32. The molecule has 7 nitrogen and oxygen atoms in total. The van der Waals surface area contributed by atoms with E-state index in [4.69, 9.17) is 26.4 Å². The molecule has 1 aliphatic heterocycles. The van der Waals surface area contributed by atoms with Crippen molar-refractivity contribution in [2.75, 3.05) is 18.1 Å². The zero-order valence-corrected chi connectivity index (χ0v) is 21.5. The van der Waals surface area contributed by atoms with Gasteiger partial charge in [0, 0.05) is 0 Å². The number of nitrogens with one attached hydrogen (secondary N) is 1. The number of hydrogen-bond acceptors (Lipinski definition) is 6. The van der Waals surface area contributed by atoms with E-state index in [0.29, 0.717) is 47.5 Å². The van der Waals surface area contributed by atoms with Gasteiger partial charge in [-0.25, -0.2) is 0 Å². The molecule has 0 radical (unpaired) electrons. The van der Waals surface area contributed by atoms with Crippen LogP contribution in [0, 0.1) is 0 Å². The molecular weight excluding hydrogens is 488 g/mol. The van der Waals surface area contributed by atoms with E-state index in [0.717, 1.165) is 12.8 Å². The van der Waals surface area contributed by atoms with Gasteiger partial charge in [-0.1, -0.05) is 37.6 Å². The van der Waals surface area contributed by atoms with Crippen LogP contribution in [0.4, 0.5) is 5.69 Å². The first kappa shape index (κ1) is 25.9. The first-order valence-electron chi connectivity index (χ1n) is 12.1. The van der Waals surface area contributed by atoms with Crippen molar-refractivity contribution in [1.29, 1.82) is 0 Å². The minimum absolute atomic E-state index is 0.0126. The second kappa shape index (κ2) is 12.2. The maximum atomic E-state index is 13.4. The van der Waals surface area contributed by atoms with E-state index in [2.05, 4.69) is 12.2 Å². The normalized spacial score (nSPS) is 14.5. The topological polar surface area (TPSA) is 77.1 Å². The second-order valence-electron chi connectivity index (χ2n) is 8.21. The summed E-state index contributed by atoms with van der Waals surface area (Å²) in [6.07, 6.45) is 3.48. The Morgan fingerprint density at radius 2 is 1.62 bits per heavy atom. The molecule has 1 heterocycles. The van der Waals surface area contributed by atoms with Crippen molar-refractivity contribution >= 4 is 40.9 Å². The van der Waals surface area contributed by atoms with Crippen molar-refractivity contribution in [2.24, 2.45) is 0 Å². The number of thiocarbonyl (C=S) groups is 1. The Labute approximate surface area is 221 Å². The van der Waals surface area contributed by atoms with Crippen molar-refractivity contribution in [2.45, 2.75) is 26.7 Å². The van der Waals surface area contributed by atoms with Crippen LogP contribution in [-0.2, 0) is 9.59 Å². The average molecular weight is 517 g/mol. The van der Waals surface area contributed by atoms with Crippen LogP contribution in [-0.4, -0.2) is 30.1 Å². The zero-order chi connectivity index (χ0) is 26.2. The fourth-order valence-electron chi connectivity index (χ4n) is 3.67. The van der Waals surface area contributed by atoms with Gasteiger partial charge in [-0.2, -0.15) is 0 Å². The third-order valence-electron chi connectivity index (χ3n) is 5.51. The molecule has 3 aromatic carbocycles. The highest BCUT2D eigenvalue weighted by atomic mass is 32.1. The molecule has 1 aliphatic rings. The van der Waals surface area contributed by atoms with E-state index < -0.39 is 11.8 Å². The lowest BCUT2D eigenvalue weighted by atomic mass is 10.1. The lowest BCUT2D eigenvalue weighted by molar-refractivity contribution is -0.122. The summed E-state index contributed by atoms with van der Waals surface area (Å²) in [5.74, 6) is 1.40. The van der Waals surface area contributed by atoms with E-state index in [1.807, 2.05) is 37.3 Å². The Balaban J connectivity index is 1.57. The number of unbranched alkanes of at least 4 members (excludes halogenated alkanes) is 1. The Bertz CT molecular complexity index is 1310. The summed E-state index contributed by atoms with van der Waals surface area (Å²) < 4.78 is 17.4. The molecule has 8 heteroatoms. The van der Waals surface area contributed by atoms with Crippen LogP contribution in [0.3, 0.4) is 0 Å². The molecule has 2 amide bonds. The minimum atomic E-state index is -0.559. The van der Waals surface area contributed by atoms with Crippen LogP contribution in [0.2, 0.25) is 0 Å². The van der Waals surface area contributed by atoms with Gasteiger partial charge in [-0.3, -0.25) is 19.8 Å². The summed E-state index contributed by atoms with van der Waals surface area (Å²) in [5, 5.41) is 2.62. The number of hydrogen-bond donors (Lipinski definition) is 1. The number of nitrogens with zero attached hydrogens (tertiary/aromatic N) is 1. The molecule has 0 saturated carbocycles. The van der Waals surface area contributed by atoms with E-state index in [1.54, 1.807) is 42.5 Å². The van der Waals surface area contributed by atoms with E-state index in [1.165, 1.54) is 11.0 Å². The molecule has 1 fully saturated rings. The molecule has 1 N–H and O–H groups in total. The number of para-hydroxylation sites is 1. The van der Waals surface area contributed by atoms with Gasteiger partial charge in [-0.05, 0) is 85.7 Å². The minimum Gasteiger partial charge on any atom is -0.490 e. The van der Waals surface area contributed by atoms with Crippen molar-refractivity contribution in [3.05, 3.63) is 83.9 Å². The van der Waals surface area contributed by atoms with Crippen molar-refractivity contribution < 1.29 is 23.8 Å². The first-order valence-corrected chi connectivity index (χ1v) is 12.5. The summed E-state index contributed by atoms with van der Waals surface area (Å²) in [6, 6.07) is 21.6. The monoisotopic (exact) mass is 516 g/mol. The lowest BCUT2D eigenvalue weighted by Gasteiger charge is -2.29. The van der Waals surface area contributed by atoms with Gasteiger partial charge in [0.05, 0.1) is 18.9 Å². The van der Waals surface area contributed by atoms with E-state index in [-0.39, 0.29) is 10.7 Å². The molecule has 0 bridgehead atoms. The molecule has 190 valence electrons. The number of rotatable bonds is 10. The van der Waals surface area contributed by atoms with Crippen LogP contribution in [0.15, 0.2) is 78.4 Å². The Kier molecular flexibility index (Phi) is 8.53. The van der Waals surface area contributed by atoms with E-state index in [9.17, 15) is 9.59 Å². The Morgan fingerprint density at radius 3 is 2.32 bits per heavy atom. The molecule has 0 unspecified atom stereocenters. The molecule has 0 spiro atoms. The predicted molar refractivity (Wildman–Crippen MR) is 147 cm³/mol. The molecule has 4 rings (SSSR count). The quantitative estimate of drug-likeness (QED) is 0.157. The van der Waals surface area contributed by atoms with Gasteiger partial charge in [0.1, 0.15) is 17.1 Å². The van der Waals surface area contributed by atoms with Gasteiger partial charge >= 0.3 is 0 Å². The first-order chi connectivity index (χ1) is 18.0. The van der Waals surface area contributed by atoms with Gasteiger partial charge in [-0.15, -0.1) is 0 Å². The highest BCUT2D eigenvalue weighted by Crippen LogP contribution is 2.31. The van der Waals surface area contributed by atoms with Gasteiger partial charge in [0.2, 0.25) is 0 Å². The molecule has 0 aliphatic carbocycles. The van der Waals surface area contributed by atoms with Crippen molar-refractivity contribution in [3.63, 3.8) is 0 Å². The Morgan fingerprint density at radius 1 is 0.892 bits per heavy atom. The molecule has 0 aromatic heterocycles. The van der Waals surface area contributed by atoms with Crippen LogP contribution >= 0.6 is 12.2 Å². The maximum absolute atomic E-state index is 13.4. The third-order valence-corrected chi connectivity index (χ3v) is 5.79.